The van der Waals surface area contributed by atoms with Crippen molar-refractivity contribution >= 4 is 18.1 Å². The zero-order valence-electron chi connectivity index (χ0n) is 13.4. The van der Waals surface area contributed by atoms with Gasteiger partial charge in [0.15, 0.2) is 18.1 Å². The average Bonchev–Trinajstić information content (AvgIpc) is 2.34. The smallest absolute Gasteiger partial charge is 0.263 e. The Kier molecular flexibility index (Phi) is 7.41. The number of hydrogen-bond acceptors (Lipinski definition) is 4. The van der Waals surface area contributed by atoms with Gasteiger partial charge in [-0.15, -0.1) is 0 Å². The van der Waals surface area contributed by atoms with Crippen LogP contribution in [0.25, 0.3) is 0 Å². The van der Waals surface area contributed by atoms with Gasteiger partial charge in [-0.05, 0) is 37.5 Å². The molecule has 116 valence electrons. The van der Waals surface area contributed by atoms with Crippen LogP contribution < -0.4 is 0 Å². The van der Waals surface area contributed by atoms with Gasteiger partial charge in [0, 0.05) is 6.42 Å². The summed E-state index contributed by atoms with van der Waals surface area (Å²) in [6.07, 6.45) is 3.51. The second kappa shape index (κ2) is 8.30. The van der Waals surface area contributed by atoms with Crippen molar-refractivity contribution in [1.82, 2.24) is 0 Å². The molecular formula is C14H29NO3Si2. The Bertz CT molecular complexity index is 331. The number of ether oxygens (including phenoxy) is 1. The predicted molar refractivity (Wildman–Crippen MR) is 85.4 cm³/mol. The molecule has 20 heavy (non-hydrogen) atoms. The molecule has 1 unspecified atom stereocenters. The van der Waals surface area contributed by atoms with E-state index in [1.807, 2.05) is 0 Å². The molecule has 1 saturated heterocycles. The fourth-order valence-electron chi connectivity index (χ4n) is 2.47. The molecule has 1 heterocycles. The van der Waals surface area contributed by atoms with Gasteiger partial charge in [0.05, 0.1) is 19.1 Å². The van der Waals surface area contributed by atoms with Crippen LogP contribution in [0.2, 0.25) is 25.2 Å². The van der Waals surface area contributed by atoms with E-state index in [-0.39, 0.29) is 0 Å². The number of rotatable bonds is 8. The summed E-state index contributed by atoms with van der Waals surface area (Å²) in [5.41, 5.74) is 0. The van der Waals surface area contributed by atoms with Gasteiger partial charge in [0.1, 0.15) is 0 Å². The Balaban J connectivity index is 2.52. The zero-order valence-corrected chi connectivity index (χ0v) is 15.8. The van der Waals surface area contributed by atoms with Gasteiger partial charge in [-0.2, -0.15) is 5.26 Å². The van der Waals surface area contributed by atoms with Crippen molar-refractivity contribution in [2.24, 2.45) is 5.92 Å². The summed E-state index contributed by atoms with van der Waals surface area (Å²) in [5.74, 6) is -0.103. The van der Waals surface area contributed by atoms with Gasteiger partial charge >= 0.3 is 0 Å². The second-order valence-corrected chi connectivity index (χ2v) is 12.2. The lowest BCUT2D eigenvalue weighted by Gasteiger charge is -2.43. The van der Waals surface area contributed by atoms with Gasteiger partial charge in [-0.1, -0.05) is 20.3 Å². The lowest BCUT2D eigenvalue weighted by atomic mass is 10.2. The Morgan fingerprint density at radius 2 is 2.20 bits per heavy atom. The fourth-order valence-corrected chi connectivity index (χ4v) is 6.51. The first kappa shape index (κ1) is 17.9. The Morgan fingerprint density at radius 3 is 2.80 bits per heavy atom. The molecule has 0 radical (unpaired) electrons. The van der Waals surface area contributed by atoms with Crippen molar-refractivity contribution < 1.29 is 13.6 Å². The van der Waals surface area contributed by atoms with Gasteiger partial charge in [-0.3, -0.25) is 0 Å². The van der Waals surface area contributed by atoms with Gasteiger partial charge in [0.25, 0.3) is 5.97 Å². The summed E-state index contributed by atoms with van der Waals surface area (Å²) in [6.45, 7) is 9.31. The molecule has 1 fully saturated rings. The minimum Gasteiger partial charge on any atom is -0.377 e. The van der Waals surface area contributed by atoms with E-state index >= 15 is 0 Å². The molecule has 0 aromatic rings. The lowest BCUT2D eigenvalue weighted by molar-refractivity contribution is -0.316. The van der Waals surface area contributed by atoms with Crippen LogP contribution in [0.15, 0.2) is 0 Å². The highest BCUT2D eigenvalue weighted by atomic mass is 28.4. The first-order chi connectivity index (χ1) is 9.39. The van der Waals surface area contributed by atoms with Crippen LogP contribution in [0.4, 0.5) is 0 Å². The van der Waals surface area contributed by atoms with Gasteiger partial charge in [-0.25, -0.2) is 0 Å². The molecule has 0 bridgehead atoms. The van der Waals surface area contributed by atoms with Crippen molar-refractivity contribution in [2.75, 3.05) is 6.61 Å². The summed E-state index contributed by atoms with van der Waals surface area (Å²) in [4.78, 5) is 0. The molecule has 0 aliphatic carbocycles. The summed E-state index contributed by atoms with van der Waals surface area (Å²) in [5, 5.41) is 8.66. The quantitative estimate of drug-likeness (QED) is 0.392. The molecule has 1 aliphatic heterocycles. The molecule has 0 N–H and O–H groups in total. The van der Waals surface area contributed by atoms with Crippen molar-refractivity contribution in [1.29, 1.82) is 5.26 Å². The van der Waals surface area contributed by atoms with Crippen molar-refractivity contribution in [3.8, 4) is 6.07 Å². The van der Waals surface area contributed by atoms with Gasteiger partial charge < -0.3 is 13.6 Å². The van der Waals surface area contributed by atoms with Crippen LogP contribution in [-0.4, -0.2) is 30.7 Å². The zero-order chi connectivity index (χ0) is 15.1. The molecule has 6 heteroatoms. The summed E-state index contributed by atoms with van der Waals surface area (Å²) in [7, 11) is -2.31. The largest absolute Gasteiger partial charge is 0.377 e. The van der Waals surface area contributed by atoms with E-state index in [0.717, 1.165) is 30.8 Å². The average molecular weight is 316 g/mol. The first-order valence-electron chi connectivity index (χ1n) is 7.74. The van der Waals surface area contributed by atoms with E-state index in [1.54, 1.807) is 0 Å². The standard InChI is InChI=1S/C14H29NO3Si2/c1-13(2)7-11-19-17-14(16-10-6-9-15)8-5-12-20(3,4)18-14/h13H,5-8,10-12,19H2,1-4H3. The van der Waals surface area contributed by atoms with Crippen LogP contribution >= 0.6 is 0 Å². The van der Waals surface area contributed by atoms with E-state index in [1.165, 1.54) is 6.42 Å². The van der Waals surface area contributed by atoms with Crippen molar-refractivity contribution in [3.63, 3.8) is 0 Å². The highest BCUT2D eigenvalue weighted by Gasteiger charge is 2.43. The molecule has 0 amide bonds. The number of hydrogen-bond donors (Lipinski definition) is 0. The van der Waals surface area contributed by atoms with Crippen LogP contribution in [0, 0.1) is 17.2 Å². The number of nitrogens with zero attached hydrogens (tertiary/aromatic N) is 1. The summed E-state index contributed by atoms with van der Waals surface area (Å²) < 4.78 is 18.2. The topological polar surface area (TPSA) is 51.5 Å². The predicted octanol–water partition coefficient (Wildman–Crippen LogP) is 3.15. The summed E-state index contributed by atoms with van der Waals surface area (Å²) in [6, 6.07) is 4.43. The highest BCUT2D eigenvalue weighted by Crippen LogP contribution is 2.35. The minimum absolute atomic E-state index is 0.393. The van der Waals surface area contributed by atoms with E-state index in [2.05, 4.69) is 33.0 Å². The Hall–Kier alpha value is -0.196. The maximum atomic E-state index is 8.66. The molecule has 1 atom stereocenters. The fraction of sp³-hybridized carbons (Fsp3) is 0.929. The minimum atomic E-state index is -1.68. The van der Waals surface area contributed by atoms with Crippen LogP contribution in [0.1, 0.15) is 39.5 Å². The van der Waals surface area contributed by atoms with E-state index < -0.39 is 24.1 Å². The maximum absolute atomic E-state index is 8.66. The maximum Gasteiger partial charge on any atom is 0.263 e. The third-order valence-electron chi connectivity index (χ3n) is 3.48. The third-order valence-corrected chi connectivity index (χ3v) is 7.24. The highest BCUT2D eigenvalue weighted by molar-refractivity contribution is 6.71. The molecule has 0 aromatic carbocycles. The molecule has 4 nitrogen and oxygen atoms in total. The molecule has 0 spiro atoms. The van der Waals surface area contributed by atoms with Crippen LogP contribution in [0.5, 0.6) is 0 Å². The summed E-state index contributed by atoms with van der Waals surface area (Å²) >= 11 is 0. The Morgan fingerprint density at radius 1 is 1.45 bits per heavy atom. The lowest BCUT2D eigenvalue weighted by Crippen LogP contribution is -2.52. The monoisotopic (exact) mass is 315 g/mol. The Labute approximate surface area is 126 Å². The van der Waals surface area contributed by atoms with Crippen LogP contribution in [-0.2, 0) is 13.6 Å². The third kappa shape index (κ3) is 6.50. The molecule has 0 aromatic heterocycles. The number of nitriles is 1. The molecule has 1 rings (SSSR count). The van der Waals surface area contributed by atoms with E-state index in [4.69, 9.17) is 18.9 Å². The second-order valence-electron chi connectivity index (χ2n) is 6.54. The van der Waals surface area contributed by atoms with E-state index in [9.17, 15) is 0 Å². The molecular weight excluding hydrogens is 286 g/mol. The van der Waals surface area contributed by atoms with Gasteiger partial charge in [0.2, 0.25) is 0 Å². The van der Waals surface area contributed by atoms with Crippen molar-refractivity contribution in [3.05, 3.63) is 0 Å². The van der Waals surface area contributed by atoms with Crippen molar-refractivity contribution in [2.45, 2.75) is 70.7 Å². The van der Waals surface area contributed by atoms with E-state index in [0.29, 0.717) is 13.0 Å². The first-order valence-corrected chi connectivity index (χ1v) is 12.4. The molecule has 1 aliphatic rings. The van der Waals surface area contributed by atoms with Crippen LogP contribution in [0.3, 0.4) is 0 Å². The SMILES string of the molecule is CC(C)CC[SiH2]OC1(OCCC#N)CCC[Si](C)(C)O1. The molecule has 0 saturated carbocycles. The normalized spacial score (nSPS) is 26.2.